The van der Waals surface area contributed by atoms with Gasteiger partial charge in [0.1, 0.15) is 12.4 Å². The van der Waals surface area contributed by atoms with Crippen molar-refractivity contribution in [2.45, 2.75) is 39.2 Å². The highest BCUT2D eigenvalue weighted by molar-refractivity contribution is 14.0. The number of carbonyl (C=O) groups excluding carboxylic acids is 1. The molecule has 1 amide bonds. The lowest BCUT2D eigenvalue weighted by molar-refractivity contribution is -0.114. The van der Waals surface area contributed by atoms with Crippen LogP contribution in [-0.4, -0.2) is 55.5 Å². The van der Waals surface area contributed by atoms with Gasteiger partial charge in [0.2, 0.25) is 5.91 Å². The molecule has 1 aliphatic rings. The average molecular weight is 491 g/mol. The summed E-state index contributed by atoms with van der Waals surface area (Å²) in [5.74, 6) is -0.00266. The van der Waals surface area contributed by atoms with Crippen LogP contribution in [0.15, 0.2) is 29.3 Å². The predicted octanol–water partition coefficient (Wildman–Crippen LogP) is 2.81. The van der Waals surface area contributed by atoms with E-state index in [9.17, 15) is 9.18 Å². The second-order valence-electron chi connectivity index (χ2n) is 6.51. The van der Waals surface area contributed by atoms with Crippen molar-refractivity contribution in [3.63, 3.8) is 0 Å². The number of anilines is 1. The Morgan fingerprint density at radius 1 is 1.30 bits per heavy atom. The Morgan fingerprint density at radius 2 is 2.04 bits per heavy atom. The average Bonchev–Trinajstić information content (AvgIpc) is 2.62. The van der Waals surface area contributed by atoms with Crippen LogP contribution in [0.5, 0.6) is 0 Å². The minimum Gasteiger partial charge on any atom is -0.357 e. The molecule has 3 N–H and O–H groups in total. The van der Waals surface area contributed by atoms with Crippen molar-refractivity contribution in [3.8, 4) is 0 Å². The molecule has 0 saturated carbocycles. The van der Waals surface area contributed by atoms with Crippen molar-refractivity contribution in [2.75, 3.05) is 38.0 Å². The van der Waals surface area contributed by atoms with Crippen LogP contribution in [0.25, 0.3) is 0 Å². The number of likely N-dealkylation sites (tertiary alicyclic amines) is 1. The fourth-order valence-electron chi connectivity index (χ4n) is 3.05. The Labute approximate surface area is 178 Å². The van der Waals surface area contributed by atoms with Gasteiger partial charge in [-0.15, -0.1) is 24.0 Å². The molecule has 0 bridgehead atoms. The first kappa shape index (κ1) is 23.6. The number of amides is 1. The van der Waals surface area contributed by atoms with E-state index in [2.05, 4.69) is 32.8 Å². The predicted molar refractivity (Wildman–Crippen MR) is 119 cm³/mol. The van der Waals surface area contributed by atoms with E-state index in [0.717, 1.165) is 39.0 Å². The molecule has 1 aromatic rings. The molecule has 1 aliphatic heterocycles. The normalized spacial score (nSPS) is 15.7. The molecule has 0 radical (unpaired) electrons. The molecule has 0 aromatic heterocycles. The highest BCUT2D eigenvalue weighted by Gasteiger charge is 2.19. The number of nitrogens with zero attached hydrogens (tertiary/aromatic N) is 2. The molecule has 1 saturated heterocycles. The molecule has 0 spiro atoms. The number of hydrogen-bond donors (Lipinski definition) is 3. The third-order valence-electron chi connectivity index (χ3n) is 4.30. The van der Waals surface area contributed by atoms with E-state index < -0.39 is 0 Å². The molecule has 8 heteroatoms. The van der Waals surface area contributed by atoms with Crippen LogP contribution in [0.1, 0.15) is 33.1 Å². The maximum absolute atomic E-state index is 13.2. The first-order valence-corrected chi connectivity index (χ1v) is 9.43. The summed E-state index contributed by atoms with van der Waals surface area (Å²) in [6.45, 7) is 8.24. The number of hydrogen-bond acceptors (Lipinski definition) is 3. The Hall–Kier alpha value is -1.42. The molecule has 2 rings (SSSR count). The van der Waals surface area contributed by atoms with E-state index in [4.69, 9.17) is 0 Å². The number of piperidine rings is 1. The summed E-state index contributed by atoms with van der Waals surface area (Å²) < 4.78 is 13.2. The zero-order valence-electron chi connectivity index (χ0n) is 16.1. The molecule has 0 unspecified atom stereocenters. The summed E-state index contributed by atoms with van der Waals surface area (Å²) >= 11 is 0. The van der Waals surface area contributed by atoms with E-state index in [1.807, 2.05) is 6.92 Å². The molecule has 0 aliphatic carbocycles. The minimum absolute atomic E-state index is 0. The van der Waals surface area contributed by atoms with Crippen LogP contribution < -0.4 is 16.0 Å². The van der Waals surface area contributed by atoms with Crippen LogP contribution in [0.3, 0.4) is 0 Å². The van der Waals surface area contributed by atoms with Crippen molar-refractivity contribution in [1.29, 1.82) is 0 Å². The van der Waals surface area contributed by atoms with Crippen molar-refractivity contribution in [3.05, 3.63) is 30.1 Å². The number of aliphatic imine (C=N–C) groups is 1. The topological polar surface area (TPSA) is 68.8 Å². The SMILES string of the molecule is CCCN1CCC(NC(=NCC(=O)Nc2cccc(F)c2)NCC)CC1.I. The van der Waals surface area contributed by atoms with Crippen LogP contribution >= 0.6 is 24.0 Å². The molecule has 1 aromatic carbocycles. The Morgan fingerprint density at radius 3 is 2.67 bits per heavy atom. The minimum atomic E-state index is -0.379. The van der Waals surface area contributed by atoms with Crippen molar-refractivity contribution >= 4 is 41.5 Å². The monoisotopic (exact) mass is 491 g/mol. The van der Waals surface area contributed by atoms with E-state index >= 15 is 0 Å². The molecular formula is C19H31FIN5O. The zero-order chi connectivity index (χ0) is 18.8. The maximum atomic E-state index is 13.2. The van der Waals surface area contributed by atoms with Gasteiger partial charge >= 0.3 is 0 Å². The van der Waals surface area contributed by atoms with Gasteiger partial charge in [-0.05, 0) is 50.9 Å². The number of rotatable bonds is 7. The smallest absolute Gasteiger partial charge is 0.246 e. The van der Waals surface area contributed by atoms with E-state index in [0.29, 0.717) is 17.7 Å². The molecule has 1 heterocycles. The Bertz CT molecular complexity index is 606. The van der Waals surface area contributed by atoms with Crippen molar-refractivity contribution in [1.82, 2.24) is 15.5 Å². The van der Waals surface area contributed by atoms with Gasteiger partial charge < -0.3 is 20.9 Å². The second kappa shape index (κ2) is 12.9. The van der Waals surface area contributed by atoms with Gasteiger partial charge in [0.05, 0.1) is 0 Å². The van der Waals surface area contributed by atoms with Gasteiger partial charge in [-0.2, -0.15) is 0 Å². The maximum Gasteiger partial charge on any atom is 0.246 e. The lowest BCUT2D eigenvalue weighted by atomic mass is 10.1. The van der Waals surface area contributed by atoms with Crippen LogP contribution in [0.4, 0.5) is 10.1 Å². The summed E-state index contributed by atoms with van der Waals surface area (Å²) in [4.78, 5) is 18.9. The molecule has 27 heavy (non-hydrogen) atoms. The van der Waals surface area contributed by atoms with Gasteiger partial charge in [0, 0.05) is 31.4 Å². The fourth-order valence-corrected chi connectivity index (χ4v) is 3.05. The van der Waals surface area contributed by atoms with E-state index in [1.165, 1.54) is 18.6 Å². The van der Waals surface area contributed by atoms with Crippen LogP contribution in [-0.2, 0) is 4.79 Å². The number of carbonyl (C=O) groups is 1. The summed E-state index contributed by atoms with van der Waals surface area (Å²) in [6, 6.07) is 6.21. The van der Waals surface area contributed by atoms with Gasteiger partial charge in [-0.1, -0.05) is 13.0 Å². The van der Waals surface area contributed by atoms with Crippen molar-refractivity contribution in [2.24, 2.45) is 4.99 Å². The summed E-state index contributed by atoms with van der Waals surface area (Å²) in [5, 5.41) is 9.26. The van der Waals surface area contributed by atoms with E-state index in [1.54, 1.807) is 12.1 Å². The lowest BCUT2D eigenvalue weighted by Gasteiger charge is -2.32. The third-order valence-corrected chi connectivity index (χ3v) is 4.30. The number of benzene rings is 1. The van der Waals surface area contributed by atoms with Gasteiger partial charge in [-0.25, -0.2) is 9.38 Å². The highest BCUT2D eigenvalue weighted by Crippen LogP contribution is 2.11. The van der Waals surface area contributed by atoms with Crippen LogP contribution in [0.2, 0.25) is 0 Å². The molecule has 152 valence electrons. The number of nitrogens with one attached hydrogen (secondary N) is 3. The van der Waals surface area contributed by atoms with E-state index in [-0.39, 0.29) is 42.2 Å². The Balaban J connectivity index is 0.00000364. The highest BCUT2D eigenvalue weighted by atomic mass is 127. The first-order valence-electron chi connectivity index (χ1n) is 9.43. The first-order chi connectivity index (χ1) is 12.6. The summed E-state index contributed by atoms with van der Waals surface area (Å²) in [7, 11) is 0. The third kappa shape index (κ3) is 8.87. The quantitative estimate of drug-likeness (QED) is 0.312. The molecule has 1 fully saturated rings. The zero-order valence-corrected chi connectivity index (χ0v) is 18.5. The van der Waals surface area contributed by atoms with Gasteiger partial charge in [0.15, 0.2) is 5.96 Å². The second-order valence-corrected chi connectivity index (χ2v) is 6.51. The van der Waals surface area contributed by atoms with Gasteiger partial charge in [-0.3, -0.25) is 4.79 Å². The summed E-state index contributed by atoms with van der Waals surface area (Å²) in [5.41, 5.74) is 0.437. The fraction of sp³-hybridized carbons (Fsp3) is 0.579. The molecular weight excluding hydrogens is 460 g/mol. The standard InChI is InChI=1S/C19H30FN5O.HI/c1-3-10-25-11-8-16(9-12-25)24-19(21-4-2)22-14-18(26)23-17-7-5-6-15(20)13-17;/h5-7,13,16H,3-4,8-12,14H2,1-2H3,(H,23,26)(H2,21,22,24);1H. The molecule has 6 nitrogen and oxygen atoms in total. The number of halogens is 2. The summed E-state index contributed by atoms with van der Waals surface area (Å²) in [6.07, 6.45) is 3.32. The Kier molecular flexibility index (Phi) is 11.3. The largest absolute Gasteiger partial charge is 0.357 e. The number of guanidine groups is 1. The lowest BCUT2D eigenvalue weighted by Crippen LogP contribution is -2.49. The van der Waals surface area contributed by atoms with Gasteiger partial charge in [0.25, 0.3) is 0 Å². The molecule has 0 atom stereocenters. The van der Waals surface area contributed by atoms with Crippen molar-refractivity contribution < 1.29 is 9.18 Å². The van der Waals surface area contributed by atoms with Crippen LogP contribution in [0, 0.1) is 5.82 Å².